The number of fused-ring (bicyclic) bond motifs is 1. The van der Waals surface area contributed by atoms with Crippen molar-refractivity contribution in [2.45, 2.75) is 44.4 Å². The van der Waals surface area contributed by atoms with Crippen LogP contribution in [0.2, 0.25) is 35.7 Å². The maximum atomic E-state index is 15.9. The van der Waals surface area contributed by atoms with E-state index in [1.165, 1.54) is 18.1 Å². The van der Waals surface area contributed by atoms with Gasteiger partial charge < -0.3 is 9.47 Å². The summed E-state index contributed by atoms with van der Waals surface area (Å²) < 4.78 is 28.2. The molecule has 212 valence electrons. The number of amides is 1. The molecule has 40 heavy (non-hydrogen) atoms. The molecule has 1 aliphatic heterocycles. The van der Waals surface area contributed by atoms with Gasteiger partial charge in [0, 0.05) is 35.3 Å². The molecule has 0 saturated heterocycles. The summed E-state index contributed by atoms with van der Waals surface area (Å²) in [4.78, 5) is 29.3. The first-order chi connectivity index (χ1) is 18.8. The van der Waals surface area contributed by atoms with E-state index in [1.807, 2.05) is 0 Å². The monoisotopic (exact) mass is 665 g/mol. The summed E-state index contributed by atoms with van der Waals surface area (Å²) >= 11 is 15.7. The lowest BCUT2D eigenvalue weighted by molar-refractivity contribution is -0.155. The third-order valence-electron chi connectivity index (χ3n) is 7.14. The molecule has 0 radical (unpaired) electrons. The minimum atomic E-state index is -1.71. The summed E-state index contributed by atoms with van der Waals surface area (Å²) in [6.07, 6.45) is 0. The van der Waals surface area contributed by atoms with Gasteiger partial charge in [0.2, 0.25) is 0 Å². The van der Waals surface area contributed by atoms with Gasteiger partial charge in [0.1, 0.15) is 5.82 Å². The molecule has 0 aromatic heterocycles. The first-order valence-electron chi connectivity index (χ1n) is 12.9. The van der Waals surface area contributed by atoms with E-state index >= 15 is 4.39 Å². The van der Waals surface area contributed by atoms with Gasteiger partial charge in [0.15, 0.2) is 5.72 Å². The fourth-order valence-corrected chi connectivity index (χ4v) is 6.52. The molecule has 5 nitrogen and oxygen atoms in total. The minimum absolute atomic E-state index is 0.0591. The molecule has 10 heteroatoms. The lowest BCUT2D eigenvalue weighted by Gasteiger charge is -2.44. The molecular weight excluding hydrogens is 636 g/mol. The normalized spacial score (nSPS) is 18.4. The SMILES string of the molecule is CO[C@]1(c2ccc(Cl)cc2)c2c(F)cc(Br)cc2C(=O)N1[C@H](c1ccc(Cl)cc1)[C@H](C)C(=O)OCC[Si](C)(C)C. The highest BCUT2D eigenvalue weighted by Crippen LogP contribution is 2.52. The van der Waals surface area contributed by atoms with Crippen LogP contribution in [0.25, 0.3) is 0 Å². The fourth-order valence-electron chi connectivity index (χ4n) is 5.12. The van der Waals surface area contributed by atoms with Crippen molar-refractivity contribution in [2.75, 3.05) is 13.7 Å². The van der Waals surface area contributed by atoms with Crippen molar-refractivity contribution < 1.29 is 23.5 Å². The van der Waals surface area contributed by atoms with E-state index in [2.05, 4.69) is 35.6 Å². The third kappa shape index (κ3) is 5.88. The largest absolute Gasteiger partial charge is 0.466 e. The number of methoxy groups -OCH3 is 1. The number of halogens is 4. The molecule has 1 amide bonds. The van der Waals surface area contributed by atoms with Gasteiger partial charge in [-0.2, -0.15) is 0 Å². The van der Waals surface area contributed by atoms with Crippen molar-refractivity contribution in [2.24, 2.45) is 5.92 Å². The van der Waals surface area contributed by atoms with Gasteiger partial charge in [-0.1, -0.05) is 83.0 Å². The zero-order valence-corrected chi connectivity index (χ0v) is 27.0. The third-order valence-corrected chi connectivity index (χ3v) is 9.81. The van der Waals surface area contributed by atoms with Gasteiger partial charge in [-0.3, -0.25) is 14.5 Å². The van der Waals surface area contributed by atoms with E-state index in [9.17, 15) is 9.59 Å². The van der Waals surface area contributed by atoms with Crippen LogP contribution in [-0.2, 0) is 20.0 Å². The van der Waals surface area contributed by atoms with Gasteiger partial charge in [-0.25, -0.2) is 4.39 Å². The Morgan fingerprint density at radius 1 is 1.05 bits per heavy atom. The van der Waals surface area contributed by atoms with Crippen LogP contribution in [0.3, 0.4) is 0 Å². The molecular formula is C30H31BrCl2FNO4Si. The maximum Gasteiger partial charge on any atom is 0.311 e. The summed E-state index contributed by atoms with van der Waals surface area (Å²) in [6, 6.07) is 16.3. The summed E-state index contributed by atoms with van der Waals surface area (Å²) in [5, 5.41) is 0.963. The molecule has 3 atom stereocenters. The highest BCUT2D eigenvalue weighted by atomic mass is 79.9. The number of hydrogen-bond donors (Lipinski definition) is 0. The van der Waals surface area contributed by atoms with Gasteiger partial charge in [0.05, 0.1) is 29.7 Å². The molecule has 0 aliphatic carbocycles. The number of ether oxygens (including phenoxy) is 2. The summed E-state index contributed by atoms with van der Waals surface area (Å²) in [7, 11) is -0.0405. The number of carbonyl (C=O) groups is 2. The second-order valence-corrected chi connectivity index (χ2v) is 18.5. The molecule has 0 unspecified atom stereocenters. The Labute approximate surface area is 253 Å². The van der Waals surface area contributed by atoms with Crippen LogP contribution in [-0.4, -0.2) is 38.6 Å². The van der Waals surface area contributed by atoms with Crippen molar-refractivity contribution in [3.63, 3.8) is 0 Å². The molecule has 0 fully saturated rings. The number of hydrogen-bond acceptors (Lipinski definition) is 4. The smallest absolute Gasteiger partial charge is 0.311 e. The number of esters is 1. The van der Waals surface area contributed by atoms with Crippen LogP contribution in [0.5, 0.6) is 0 Å². The predicted molar refractivity (Wildman–Crippen MR) is 162 cm³/mol. The van der Waals surface area contributed by atoms with Gasteiger partial charge in [-0.05, 0) is 54.9 Å². The van der Waals surface area contributed by atoms with Crippen LogP contribution >= 0.6 is 39.1 Å². The van der Waals surface area contributed by atoms with Crippen molar-refractivity contribution in [3.05, 3.63) is 103 Å². The molecule has 1 aliphatic rings. The van der Waals surface area contributed by atoms with E-state index in [4.69, 9.17) is 32.7 Å². The van der Waals surface area contributed by atoms with Gasteiger partial charge in [0.25, 0.3) is 5.91 Å². The van der Waals surface area contributed by atoms with Crippen LogP contribution < -0.4 is 0 Å². The van der Waals surface area contributed by atoms with Crippen molar-refractivity contribution in [1.82, 2.24) is 4.90 Å². The number of carbonyl (C=O) groups excluding carboxylic acids is 2. The molecule has 0 saturated carbocycles. The molecule has 4 rings (SSSR count). The molecule has 3 aromatic rings. The van der Waals surface area contributed by atoms with Gasteiger partial charge >= 0.3 is 5.97 Å². The van der Waals surface area contributed by atoms with Crippen LogP contribution in [0.1, 0.15) is 40.0 Å². The highest BCUT2D eigenvalue weighted by Gasteiger charge is 2.57. The summed E-state index contributed by atoms with van der Waals surface area (Å²) in [5.41, 5.74) is -0.425. The fraction of sp³-hybridized carbons (Fsp3) is 0.333. The molecule has 0 N–H and O–H groups in total. The number of benzene rings is 3. The Morgan fingerprint density at radius 3 is 2.17 bits per heavy atom. The van der Waals surface area contributed by atoms with Crippen LogP contribution in [0.4, 0.5) is 4.39 Å². The Balaban J connectivity index is 1.93. The molecule has 0 bridgehead atoms. The lowest BCUT2D eigenvalue weighted by Crippen LogP contribution is -2.51. The van der Waals surface area contributed by atoms with Crippen LogP contribution in [0.15, 0.2) is 65.1 Å². The van der Waals surface area contributed by atoms with E-state index in [0.717, 1.165) is 6.04 Å². The average molecular weight is 667 g/mol. The Morgan fingerprint density at radius 2 is 1.62 bits per heavy atom. The van der Waals surface area contributed by atoms with E-state index < -0.39 is 43.5 Å². The molecule has 1 heterocycles. The predicted octanol–water partition coefficient (Wildman–Crippen LogP) is 8.46. The highest BCUT2D eigenvalue weighted by molar-refractivity contribution is 9.10. The topological polar surface area (TPSA) is 55.8 Å². The average Bonchev–Trinajstić information content (AvgIpc) is 3.13. The van der Waals surface area contributed by atoms with E-state index in [1.54, 1.807) is 61.5 Å². The van der Waals surface area contributed by atoms with E-state index in [-0.39, 0.29) is 17.7 Å². The second kappa shape index (κ2) is 11.9. The van der Waals surface area contributed by atoms with Crippen molar-refractivity contribution in [3.8, 4) is 0 Å². The zero-order valence-electron chi connectivity index (χ0n) is 22.9. The van der Waals surface area contributed by atoms with Gasteiger partial charge in [-0.15, -0.1) is 0 Å². The first-order valence-corrected chi connectivity index (χ1v) is 18.1. The maximum absolute atomic E-state index is 15.9. The number of rotatable bonds is 9. The second-order valence-electron chi connectivity index (χ2n) is 11.1. The quantitative estimate of drug-likeness (QED) is 0.170. The molecule has 0 spiro atoms. The standard InChI is InChI=1S/C30H31BrCl2FNO4Si/c1-18(29(37)39-14-15-40(3,4)5)27(19-6-10-22(32)11-7-19)35-28(36)24-16-21(31)17-25(34)26(24)30(35,38-2)20-8-12-23(33)13-9-20/h6-13,16-18,27H,14-15H2,1-5H3/t18-,27-,30+/m0/s1. The lowest BCUT2D eigenvalue weighted by atomic mass is 9.88. The van der Waals surface area contributed by atoms with Crippen molar-refractivity contribution >= 4 is 59.1 Å². The summed E-state index contributed by atoms with van der Waals surface area (Å²) in [6.45, 7) is 8.60. The minimum Gasteiger partial charge on any atom is -0.466 e. The zero-order chi connectivity index (χ0) is 29.4. The number of nitrogens with zero attached hydrogens (tertiary/aromatic N) is 1. The summed E-state index contributed by atoms with van der Waals surface area (Å²) in [5.74, 6) is -2.43. The van der Waals surface area contributed by atoms with Crippen molar-refractivity contribution in [1.29, 1.82) is 0 Å². The Bertz CT molecular complexity index is 1410. The molecule has 3 aromatic carbocycles. The Kier molecular flexibility index (Phi) is 9.17. The Hall–Kier alpha value is -2.23. The first kappa shape index (κ1) is 30.7. The van der Waals surface area contributed by atoms with E-state index in [0.29, 0.717) is 25.6 Å². The van der Waals surface area contributed by atoms with Crippen LogP contribution in [0, 0.1) is 11.7 Å².